The molecule has 5 aromatic carbocycles. The van der Waals surface area contributed by atoms with Crippen molar-refractivity contribution in [3.8, 4) is 0 Å². The first-order chi connectivity index (χ1) is 26.0. The van der Waals surface area contributed by atoms with E-state index in [-0.39, 0.29) is 37.9 Å². The molecule has 1 aliphatic rings. The Morgan fingerprint density at radius 2 is 1.08 bits per heavy atom. The number of aliphatic hydroxyl groups is 1. The van der Waals surface area contributed by atoms with Gasteiger partial charge in [-0.1, -0.05) is 127 Å². The van der Waals surface area contributed by atoms with Crippen molar-refractivity contribution in [1.29, 1.82) is 0 Å². The molecule has 5 atom stereocenters. The van der Waals surface area contributed by atoms with Gasteiger partial charge in [-0.2, -0.15) is 0 Å². The maximum Gasteiger partial charge on any atom is 0.268 e. The van der Waals surface area contributed by atoms with E-state index in [0.29, 0.717) is 11.9 Å². The van der Waals surface area contributed by atoms with Gasteiger partial charge in [0.25, 0.3) is 10.0 Å². The first-order valence-corrected chi connectivity index (χ1v) is 19.2. The molecule has 0 amide bonds. The van der Waals surface area contributed by atoms with Gasteiger partial charge >= 0.3 is 0 Å². The molecular formula is C43H43NO8S. The van der Waals surface area contributed by atoms with Crippen LogP contribution in [0, 0.1) is 0 Å². The Morgan fingerprint density at radius 1 is 0.585 bits per heavy atom. The van der Waals surface area contributed by atoms with Crippen molar-refractivity contribution in [3.63, 3.8) is 0 Å². The number of ether oxygens (including phenoxy) is 5. The largest absolute Gasteiger partial charge is 0.394 e. The predicted molar refractivity (Wildman–Crippen MR) is 201 cm³/mol. The van der Waals surface area contributed by atoms with Gasteiger partial charge in [-0.05, 0) is 46.9 Å². The Morgan fingerprint density at radius 3 is 1.64 bits per heavy atom. The summed E-state index contributed by atoms with van der Waals surface area (Å²) in [5, 5.41) is 11.5. The topological polar surface area (TPSA) is 105 Å². The van der Waals surface area contributed by atoms with Gasteiger partial charge in [0, 0.05) is 11.6 Å². The van der Waals surface area contributed by atoms with Crippen LogP contribution in [-0.4, -0.2) is 61.4 Å². The van der Waals surface area contributed by atoms with E-state index >= 15 is 0 Å². The molecule has 1 fully saturated rings. The molecule has 53 heavy (non-hydrogen) atoms. The third-order valence-electron chi connectivity index (χ3n) is 9.34. The van der Waals surface area contributed by atoms with E-state index in [2.05, 4.69) is 0 Å². The van der Waals surface area contributed by atoms with Crippen molar-refractivity contribution in [2.75, 3.05) is 13.2 Å². The number of aromatic nitrogens is 1. The summed E-state index contributed by atoms with van der Waals surface area (Å²) in [6, 6.07) is 45.3. The number of para-hydroxylation sites is 1. The minimum absolute atomic E-state index is 0.175. The molecule has 0 unspecified atom stereocenters. The Balaban J connectivity index is 1.16. The second-order valence-corrected chi connectivity index (χ2v) is 14.7. The molecule has 1 N–H and O–H groups in total. The Labute approximate surface area is 310 Å². The molecule has 0 aliphatic carbocycles. The second kappa shape index (κ2) is 17.5. The highest BCUT2D eigenvalue weighted by atomic mass is 32.2. The van der Waals surface area contributed by atoms with Gasteiger partial charge in [-0.25, -0.2) is 12.4 Å². The SMILES string of the molecule is O=S(=O)(c1ccccc1)n1cc(CCO[C@@H]2O[C@H](CO)[C@@H](OCc3ccccc3)[C@H](OCc3ccccc3)[C@H]2OCc2ccccc2)c2ccccc21. The van der Waals surface area contributed by atoms with Crippen LogP contribution in [0.1, 0.15) is 22.3 Å². The monoisotopic (exact) mass is 733 g/mol. The van der Waals surface area contributed by atoms with Crippen molar-refractivity contribution in [3.05, 3.63) is 174 Å². The second-order valence-electron chi connectivity index (χ2n) is 12.9. The zero-order valence-corrected chi connectivity index (χ0v) is 30.0. The Kier molecular flexibility index (Phi) is 12.1. The van der Waals surface area contributed by atoms with Crippen LogP contribution in [0.3, 0.4) is 0 Å². The summed E-state index contributed by atoms with van der Waals surface area (Å²) in [7, 11) is -3.84. The summed E-state index contributed by atoms with van der Waals surface area (Å²) in [5.74, 6) is 0. The average molecular weight is 734 g/mol. The summed E-state index contributed by atoms with van der Waals surface area (Å²) in [4.78, 5) is 0.207. The van der Waals surface area contributed by atoms with E-state index in [9.17, 15) is 13.5 Å². The van der Waals surface area contributed by atoms with Gasteiger partial charge in [0.1, 0.15) is 24.4 Å². The van der Waals surface area contributed by atoms with Crippen molar-refractivity contribution in [2.45, 2.75) is 61.8 Å². The van der Waals surface area contributed by atoms with Gasteiger partial charge in [0.15, 0.2) is 6.29 Å². The summed E-state index contributed by atoms with van der Waals surface area (Å²) in [6.45, 7) is 0.667. The zero-order chi connectivity index (χ0) is 36.5. The highest BCUT2D eigenvalue weighted by Gasteiger charge is 2.49. The lowest BCUT2D eigenvalue weighted by Crippen LogP contribution is -2.61. The fourth-order valence-electron chi connectivity index (χ4n) is 6.63. The Hall–Kier alpha value is -4.65. The van der Waals surface area contributed by atoms with Gasteiger partial charge in [0.05, 0.1) is 43.4 Å². The predicted octanol–water partition coefficient (Wildman–Crippen LogP) is 6.91. The number of benzene rings is 5. The molecular weight excluding hydrogens is 691 g/mol. The summed E-state index contributed by atoms with van der Waals surface area (Å²) in [6.07, 6.45) is -1.79. The number of hydrogen-bond acceptors (Lipinski definition) is 8. The van der Waals surface area contributed by atoms with Crippen LogP contribution in [-0.2, 0) is 59.9 Å². The van der Waals surface area contributed by atoms with Crippen LogP contribution in [0.2, 0.25) is 0 Å². The molecule has 1 saturated heterocycles. The first-order valence-electron chi connectivity index (χ1n) is 17.8. The number of rotatable bonds is 16. The maximum absolute atomic E-state index is 13.7. The molecule has 274 valence electrons. The summed E-state index contributed by atoms with van der Waals surface area (Å²) in [5.41, 5.74) is 4.29. The molecule has 0 bridgehead atoms. The fraction of sp³-hybridized carbons (Fsp3) is 0.256. The van der Waals surface area contributed by atoms with Crippen LogP contribution >= 0.6 is 0 Å². The molecule has 7 rings (SSSR count). The van der Waals surface area contributed by atoms with Crippen LogP contribution in [0.25, 0.3) is 10.9 Å². The van der Waals surface area contributed by atoms with E-state index < -0.39 is 40.7 Å². The minimum Gasteiger partial charge on any atom is -0.394 e. The average Bonchev–Trinajstić information content (AvgIpc) is 3.59. The summed E-state index contributed by atoms with van der Waals surface area (Å²) >= 11 is 0. The van der Waals surface area contributed by atoms with E-state index in [1.54, 1.807) is 42.6 Å². The van der Waals surface area contributed by atoms with E-state index in [0.717, 1.165) is 27.6 Å². The lowest BCUT2D eigenvalue weighted by molar-refractivity contribution is -0.326. The number of nitrogens with zero attached hydrogens (tertiary/aromatic N) is 1. The van der Waals surface area contributed by atoms with Crippen molar-refractivity contribution in [1.82, 2.24) is 3.97 Å². The first kappa shape index (κ1) is 36.7. The van der Waals surface area contributed by atoms with Crippen molar-refractivity contribution < 1.29 is 37.2 Å². The van der Waals surface area contributed by atoms with Crippen molar-refractivity contribution in [2.24, 2.45) is 0 Å². The lowest BCUT2D eigenvalue weighted by Gasteiger charge is -2.45. The summed E-state index contributed by atoms with van der Waals surface area (Å²) < 4.78 is 61.4. The molecule has 1 aliphatic heterocycles. The van der Waals surface area contributed by atoms with Gasteiger partial charge in [-0.3, -0.25) is 0 Å². The molecule has 10 heteroatoms. The smallest absolute Gasteiger partial charge is 0.268 e. The molecule has 0 radical (unpaired) electrons. The molecule has 9 nitrogen and oxygen atoms in total. The Bertz CT molecular complexity index is 2130. The van der Waals surface area contributed by atoms with Crippen LogP contribution in [0.15, 0.2) is 157 Å². The van der Waals surface area contributed by atoms with Gasteiger partial charge in [-0.15, -0.1) is 0 Å². The van der Waals surface area contributed by atoms with Crippen LogP contribution in [0.5, 0.6) is 0 Å². The highest BCUT2D eigenvalue weighted by molar-refractivity contribution is 7.90. The van der Waals surface area contributed by atoms with Crippen molar-refractivity contribution >= 4 is 20.9 Å². The minimum atomic E-state index is -3.84. The third-order valence-corrected chi connectivity index (χ3v) is 11.0. The molecule has 6 aromatic rings. The zero-order valence-electron chi connectivity index (χ0n) is 29.2. The lowest BCUT2D eigenvalue weighted by atomic mass is 9.97. The van der Waals surface area contributed by atoms with E-state index in [4.69, 9.17) is 23.7 Å². The standard InChI is InChI=1S/C43H43NO8S/c45-28-39-40(49-29-32-15-5-1-6-16-32)41(50-30-33-17-7-2-8-18-33)42(51-31-34-19-9-3-10-20-34)43(52-39)48-26-25-35-27-44(38-24-14-13-23-37(35)38)53(46,47)36-21-11-4-12-22-36/h1-24,27,39-43,45H,25-26,28-31H2/t39-,40-,41+,42-,43-/m1/s1. The normalized spacial score (nSPS) is 20.4. The number of aliphatic hydroxyl groups excluding tert-OH is 1. The molecule has 1 aromatic heterocycles. The van der Waals surface area contributed by atoms with E-state index in [1.807, 2.05) is 109 Å². The fourth-order valence-corrected chi connectivity index (χ4v) is 8.05. The van der Waals surface area contributed by atoms with Crippen LogP contribution < -0.4 is 0 Å². The third kappa shape index (κ3) is 8.77. The number of hydrogen-bond donors (Lipinski definition) is 1. The molecule has 0 spiro atoms. The molecule has 0 saturated carbocycles. The van der Waals surface area contributed by atoms with Gasteiger partial charge < -0.3 is 28.8 Å². The highest BCUT2D eigenvalue weighted by Crippen LogP contribution is 2.32. The quantitative estimate of drug-likeness (QED) is 0.115. The maximum atomic E-state index is 13.7. The van der Waals surface area contributed by atoms with Crippen LogP contribution in [0.4, 0.5) is 0 Å². The van der Waals surface area contributed by atoms with E-state index in [1.165, 1.54) is 3.97 Å². The molecule has 2 heterocycles. The van der Waals surface area contributed by atoms with Gasteiger partial charge in [0.2, 0.25) is 0 Å². The number of fused-ring (bicyclic) bond motifs is 1.